The molecule has 4 heteroatoms. The van der Waals surface area contributed by atoms with Crippen LogP contribution in [0.5, 0.6) is 5.75 Å². The van der Waals surface area contributed by atoms with Gasteiger partial charge in [0.15, 0.2) is 0 Å². The molecule has 21 heavy (non-hydrogen) atoms. The van der Waals surface area contributed by atoms with Crippen LogP contribution in [0, 0.1) is 5.92 Å². The molecular formula is C17H25Cl2NO. The molecule has 0 unspecified atom stereocenters. The number of hydrogen-bond donors (Lipinski definition) is 1. The first-order chi connectivity index (χ1) is 10.1. The zero-order valence-corrected chi connectivity index (χ0v) is 14.4. The lowest BCUT2D eigenvalue weighted by Crippen LogP contribution is -2.24. The standard InChI is InChI=1S/C17H25Cl2NO/c1-3-8-20-11-13-9-14(18)10-16(19)17(13)21-15-6-4-12(2)5-7-15/h9-10,12,15,20H,3-8,11H2,1-2H3. The first-order valence-corrected chi connectivity index (χ1v) is 8.71. The molecule has 118 valence electrons. The van der Waals surface area contributed by atoms with Crippen molar-refractivity contribution in [3.8, 4) is 5.75 Å². The molecule has 2 rings (SSSR count). The smallest absolute Gasteiger partial charge is 0.142 e. The van der Waals surface area contributed by atoms with Crippen LogP contribution in [0.25, 0.3) is 0 Å². The van der Waals surface area contributed by atoms with Gasteiger partial charge in [-0.15, -0.1) is 0 Å². The largest absolute Gasteiger partial charge is 0.489 e. The first-order valence-electron chi connectivity index (χ1n) is 7.95. The van der Waals surface area contributed by atoms with Crippen LogP contribution in [0.2, 0.25) is 10.0 Å². The monoisotopic (exact) mass is 329 g/mol. The maximum absolute atomic E-state index is 6.36. The van der Waals surface area contributed by atoms with E-state index < -0.39 is 0 Å². The average molecular weight is 330 g/mol. The maximum atomic E-state index is 6.36. The average Bonchev–Trinajstić information content (AvgIpc) is 2.45. The van der Waals surface area contributed by atoms with Crippen molar-refractivity contribution in [1.29, 1.82) is 0 Å². The number of rotatable bonds is 6. The van der Waals surface area contributed by atoms with Gasteiger partial charge in [-0.1, -0.05) is 37.0 Å². The summed E-state index contributed by atoms with van der Waals surface area (Å²) < 4.78 is 6.22. The second-order valence-electron chi connectivity index (χ2n) is 6.05. The van der Waals surface area contributed by atoms with Crippen molar-refractivity contribution in [3.05, 3.63) is 27.7 Å². The molecule has 0 spiro atoms. The summed E-state index contributed by atoms with van der Waals surface area (Å²) in [5, 5.41) is 4.68. The lowest BCUT2D eigenvalue weighted by atomic mass is 9.89. The summed E-state index contributed by atoms with van der Waals surface area (Å²) >= 11 is 12.5. The Labute approximate surface area is 138 Å². The predicted molar refractivity (Wildman–Crippen MR) is 90.5 cm³/mol. The summed E-state index contributed by atoms with van der Waals surface area (Å²) in [6, 6.07) is 3.73. The molecule has 0 bridgehead atoms. The third-order valence-corrected chi connectivity index (χ3v) is 4.57. The third-order valence-electron chi connectivity index (χ3n) is 4.07. The van der Waals surface area contributed by atoms with Crippen LogP contribution in [0.1, 0.15) is 51.5 Å². The molecule has 0 atom stereocenters. The van der Waals surface area contributed by atoms with Crippen LogP contribution in [0.3, 0.4) is 0 Å². The summed E-state index contributed by atoms with van der Waals surface area (Å²) in [6.45, 7) is 6.18. The summed E-state index contributed by atoms with van der Waals surface area (Å²) in [7, 11) is 0. The van der Waals surface area contributed by atoms with Crippen LogP contribution in [0.4, 0.5) is 0 Å². The van der Waals surface area contributed by atoms with Gasteiger partial charge >= 0.3 is 0 Å². The fourth-order valence-electron chi connectivity index (χ4n) is 2.79. The van der Waals surface area contributed by atoms with Crippen molar-refractivity contribution >= 4 is 23.2 Å². The zero-order valence-electron chi connectivity index (χ0n) is 12.9. The van der Waals surface area contributed by atoms with Gasteiger partial charge in [-0.25, -0.2) is 0 Å². The van der Waals surface area contributed by atoms with Crippen molar-refractivity contribution < 1.29 is 4.74 Å². The highest BCUT2D eigenvalue weighted by Gasteiger charge is 2.22. The van der Waals surface area contributed by atoms with Crippen LogP contribution in [-0.4, -0.2) is 12.6 Å². The van der Waals surface area contributed by atoms with Gasteiger partial charge in [-0.3, -0.25) is 0 Å². The lowest BCUT2D eigenvalue weighted by molar-refractivity contribution is 0.134. The molecule has 1 aromatic rings. The lowest BCUT2D eigenvalue weighted by Gasteiger charge is -2.28. The SMILES string of the molecule is CCCNCc1cc(Cl)cc(Cl)c1OC1CCC(C)CC1. The van der Waals surface area contributed by atoms with Crippen LogP contribution in [0.15, 0.2) is 12.1 Å². The second kappa shape index (κ2) is 8.26. The van der Waals surface area contributed by atoms with E-state index in [4.69, 9.17) is 27.9 Å². The van der Waals surface area contributed by atoms with E-state index in [1.807, 2.05) is 6.07 Å². The van der Waals surface area contributed by atoms with Crippen molar-refractivity contribution in [2.45, 2.75) is 58.6 Å². The fourth-order valence-corrected chi connectivity index (χ4v) is 3.37. The van der Waals surface area contributed by atoms with Crippen molar-refractivity contribution in [2.75, 3.05) is 6.54 Å². The molecule has 0 aromatic heterocycles. The minimum absolute atomic E-state index is 0.282. The first kappa shape index (κ1) is 16.9. The molecule has 1 aliphatic carbocycles. The van der Waals surface area contributed by atoms with Gasteiger partial charge in [0, 0.05) is 17.1 Å². The van der Waals surface area contributed by atoms with E-state index in [-0.39, 0.29) is 6.10 Å². The Morgan fingerprint density at radius 2 is 1.90 bits per heavy atom. The Hall–Kier alpha value is -0.440. The van der Waals surface area contributed by atoms with Gasteiger partial charge < -0.3 is 10.1 Å². The molecule has 0 aliphatic heterocycles. The molecule has 0 heterocycles. The van der Waals surface area contributed by atoms with Gasteiger partial charge in [-0.05, 0) is 56.7 Å². The molecule has 1 N–H and O–H groups in total. The molecule has 0 amide bonds. The molecule has 0 saturated heterocycles. The predicted octanol–water partition coefficient (Wildman–Crippen LogP) is 5.45. The summed E-state index contributed by atoms with van der Waals surface area (Å²) in [4.78, 5) is 0. The Bertz CT molecular complexity index is 456. The number of benzene rings is 1. The molecule has 2 nitrogen and oxygen atoms in total. The zero-order chi connectivity index (χ0) is 15.2. The molecule has 1 fully saturated rings. The summed E-state index contributed by atoms with van der Waals surface area (Å²) in [5.74, 6) is 1.63. The molecule has 1 saturated carbocycles. The van der Waals surface area contributed by atoms with Gasteiger partial charge in [0.05, 0.1) is 11.1 Å². The van der Waals surface area contributed by atoms with Crippen molar-refractivity contribution in [3.63, 3.8) is 0 Å². The maximum Gasteiger partial charge on any atom is 0.142 e. The van der Waals surface area contributed by atoms with Gasteiger partial charge in [0.25, 0.3) is 0 Å². The Kier molecular flexibility index (Phi) is 6.66. The van der Waals surface area contributed by atoms with Crippen LogP contribution < -0.4 is 10.1 Å². The molecule has 0 radical (unpaired) electrons. The Morgan fingerprint density at radius 1 is 1.19 bits per heavy atom. The normalized spacial score (nSPS) is 22.3. The van der Waals surface area contributed by atoms with E-state index in [0.29, 0.717) is 10.0 Å². The van der Waals surface area contributed by atoms with Crippen LogP contribution >= 0.6 is 23.2 Å². The minimum atomic E-state index is 0.282. The topological polar surface area (TPSA) is 21.3 Å². The van der Waals surface area contributed by atoms with Crippen molar-refractivity contribution in [1.82, 2.24) is 5.32 Å². The highest BCUT2D eigenvalue weighted by atomic mass is 35.5. The van der Waals surface area contributed by atoms with E-state index in [9.17, 15) is 0 Å². The summed E-state index contributed by atoms with van der Waals surface area (Å²) in [6.07, 6.45) is 6.08. The highest BCUT2D eigenvalue weighted by molar-refractivity contribution is 6.35. The van der Waals surface area contributed by atoms with Gasteiger partial charge in [-0.2, -0.15) is 0 Å². The third kappa shape index (κ3) is 5.05. The highest BCUT2D eigenvalue weighted by Crippen LogP contribution is 2.35. The van der Waals surface area contributed by atoms with E-state index in [1.165, 1.54) is 12.8 Å². The minimum Gasteiger partial charge on any atom is -0.489 e. The number of halogens is 2. The Balaban J connectivity index is 2.08. The van der Waals surface area contributed by atoms with E-state index >= 15 is 0 Å². The second-order valence-corrected chi connectivity index (χ2v) is 6.90. The van der Waals surface area contributed by atoms with E-state index in [0.717, 1.165) is 49.6 Å². The number of hydrogen-bond acceptors (Lipinski definition) is 2. The molecular weight excluding hydrogens is 305 g/mol. The number of ether oxygens (including phenoxy) is 1. The number of nitrogens with one attached hydrogen (secondary N) is 1. The van der Waals surface area contributed by atoms with Gasteiger partial charge in [0.1, 0.15) is 5.75 Å². The molecule has 1 aromatic carbocycles. The van der Waals surface area contributed by atoms with E-state index in [2.05, 4.69) is 19.2 Å². The quantitative estimate of drug-likeness (QED) is 0.700. The van der Waals surface area contributed by atoms with Crippen LogP contribution in [-0.2, 0) is 6.54 Å². The fraction of sp³-hybridized carbons (Fsp3) is 0.647. The summed E-state index contributed by atoms with van der Waals surface area (Å²) in [5.41, 5.74) is 1.06. The van der Waals surface area contributed by atoms with Gasteiger partial charge in [0.2, 0.25) is 0 Å². The molecule has 1 aliphatic rings. The Morgan fingerprint density at radius 3 is 2.57 bits per heavy atom. The van der Waals surface area contributed by atoms with E-state index in [1.54, 1.807) is 6.07 Å². The van der Waals surface area contributed by atoms with Crippen molar-refractivity contribution in [2.24, 2.45) is 5.92 Å².